The fraction of sp³-hybridized carbons (Fsp3) is 0.429. The highest BCUT2D eigenvalue weighted by Gasteiger charge is 2.22. The lowest BCUT2D eigenvalue weighted by molar-refractivity contribution is -0.387. The first-order valence-electron chi connectivity index (χ1n) is 6.56. The molecule has 0 radical (unpaired) electrons. The van der Waals surface area contributed by atoms with Crippen molar-refractivity contribution in [2.24, 2.45) is 0 Å². The molecule has 0 unspecified atom stereocenters. The molecule has 0 aliphatic heterocycles. The first-order valence-corrected chi connectivity index (χ1v) is 6.94. The first-order chi connectivity index (χ1) is 9.97. The van der Waals surface area contributed by atoms with Crippen molar-refractivity contribution in [3.8, 4) is 0 Å². The lowest BCUT2D eigenvalue weighted by Crippen LogP contribution is -2.03. The molecule has 1 aromatic carbocycles. The van der Waals surface area contributed by atoms with E-state index in [-0.39, 0.29) is 10.8 Å². The maximum Gasteiger partial charge on any atom is 0.315 e. The second kappa shape index (κ2) is 8.46. The van der Waals surface area contributed by atoms with Gasteiger partial charge in [-0.25, -0.2) is 0 Å². The molecule has 5 nitrogen and oxygen atoms in total. The Balaban J connectivity index is 2.63. The van der Waals surface area contributed by atoms with Gasteiger partial charge < -0.3 is 0 Å². The third kappa shape index (κ3) is 5.23. The molecule has 7 heteroatoms. The average molecular weight is 316 g/mol. The van der Waals surface area contributed by atoms with E-state index in [4.69, 9.17) is 11.6 Å². The van der Waals surface area contributed by atoms with E-state index in [0.29, 0.717) is 37.5 Å². The van der Waals surface area contributed by atoms with Crippen LogP contribution in [-0.4, -0.2) is 16.5 Å². The number of nitro benzene ring substituents is 1. The molecule has 1 aromatic rings. The maximum absolute atomic E-state index is 13.4. The van der Waals surface area contributed by atoms with Gasteiger partial charge in [-0.15, -0.1) is 0 Å². The average Bonchev–Trinajstić information content (AvgIpc) is 2.42. The van der Waals surface area contributed by atoms with Crippen molar-refractivity contribution in [1.29, 1.82) is 0 Å². The quantitative estimate of drug-likeness (QED) is 0.228. The summed E-state index contributed by atoms with van der Waals surface area (Å²) in [5.41, 5.74) is -0.502. The summed E-state index contributed by atoms with van der Waals surface area (Å²) in [6.07, 6.45) is 4.08. The maximum atomic E-state index is 13.4. The van der Waals surface area contributed by atoms with Crippen molar-refractivity contribution >= 4 is 28.8 Å². The number of hydrogen-bond acceptors (Lipinski definition) is 4. The number of unbranched alkanes of at least 4 members (excludes halogenated alkanes) is 3. The molecule has 0 amide bonds. The summed E-state index contributed by atoms with van der Waals surface area (Å²) in [6.45, 7) is 0. The minimum atomic E-state index is -1.01. The summed E-state index contributed by atoms with van der Waals surface area (Å²) in [5.74, 6) is -1.01. The number of nitrogens with zero attached hydrogens (tertiary/aromatic N) is 1. The minimum absolute atomic E-state index is 0.198. The summed E-state index contributed by atoms with van der Waals surface area (Å²) in [7, 11) is 0. The van der Waals surface area contributed by atoms with Gasteiger partial charge in [-0.2, -0.15) is 4.39 Å². The van der Waals surface area contributed by atoms with Gasteiger partial charge in [0.15, 0.2) is 6.29 Å². The highest BCUT2D eigenvalue weighted by molar-refractivity contribution is 6.63. The monoisotopic (exact) mass is 315 g/mol. The van der Waals surface area contributed by atoms with Crippen LogP contribution in [0.2, 0.25) is 0 Å². The van der Waals surface area contributed by atoms with Crippen LogP contribution in [0.15, 0.2) is 12.1 Å². The Morgan fingerprint density at radius 2 is 1.95 bits per heavy atom. The van der Waals surface area contributed by atoms with E-state index in [1.54, 1.807) is 0 Å². The molecule has 0 atom stereocenters. The van der Waals surface area contributed by atoms with Crippen LogP contribution >= 0.6 is 11.6 Å². The van der Waals surface area contributed by atoms with Crippen LogP contribution in [0.3, 0.4) is 0 Å². The Hall–Kier alpha value is -1.82. The van der Waals surface area contributed by atoms with Gasteiger partial charge in [0.25, 0.3) is 0 Å². The number of aldehydes is 1. The molecule has 0 N–H and O–H groups in total. The van der Waals surface area contributed by atoms with Crippen molar-refractivity contribution < 1.29 is 18.9 Å². The van der Waals surface area contributed by atoms with Gasteiger partial charge in [-0.1, -0.05) is 18.9 Å². The topological polar surface area (TPSA) is 77.3 Å². The van der Waals surface area contributed by atoms with Crippen LogP contribution in [0.25, 0.3) is 0 Å². The molecule has 0 aromatic heterocycles. The van der Waals surface area contributed by atoms with E-state index < -0.39 is 16.4 Å². The summed E-state index contributed by atoms with van der Waals surface area (Å²) >= 11 is 5.21. The fourth-order valence-corrected chi connectivity index (χ4v) is 2.22. The van der Waals surface area contributed by atoms with Gasteiger partial charge in [-0.05, 0) is 42.5 Å². The highest BCUT2D eigenvalue weighted by atomic mass is 35.5. The zero-order valence-corrected chi connectivity index (χ0v) is 12.1. The van der Waals surface area contributed by atoms with Crippen molar-refractivity contribution in [3.63, 3.8) is 0 Å². The van der Waals surface area contributed by atoms with Crippen LogP contribution in [0, 0.1) is 15.9 Å². The molecule has 0 aliphatic rings. The number of carbonyl (C=O) groups excluding carboxylic acids is 2. The SMILES string of the molecule is O=Cc1c(CCCCCCC(=O)Cl)ccc(F)c1[N+](=O)[O-]. The molecule has 0 spiro atoms. The molecule has 21 heavy (non-hydrogen) atoms. The number of halogens is 2. The Labute approximate surface area is 126 Å². The Kier molecular flexibility index (Phi) is 6.94. The highest BCUT2D eigenvalue weighted by Crippen LogP contribution is 2.25. The minimum Gasteiger partial charge on any atom is -0.298 e. The van der Waals surface area contributed by atoms with E-state index in [0.717, 1.165) is 18.9 Å². The van der Waals surface area contributed by atoms with E-state index in [1.165, 1.54) is 6.07 Å². The van der Waals surface area contributed by atoms with Crippen molar-refractivity contribution in [3.05, 3.63) is 39.2 Å². The molecular formula is C14H15ClFNO4. The number of benzene rings is 1. The predicted molar refractivity (Wildman–Crippen MR) is 76.1 cm³/mol. The molecule has 114 valence electrons. The van der Waals surface area contributed by atoms with Crippen LogP contribution in [0.4, 0.5) is 10.1 Å². The predicted octanol–water partition coefficient (Wildman–Crippen LogP) is 3.80. The number of nitro groups is 1. The standard InChI is InChI=1S/C14H15ClFNO4/c15-13(19)6-4-2-1-3-5-10-7-8-12(16)14(17(20)21)11(10)9-18/h7-9H,1-6H2. The summed E-state index contributed by atoms with van der Waals surface area (Å²) in [4.78, 5) is 31.4. The van der Waals surface area contributed by atoms with Gasteiger partial charge in [0.05, 0.1) is 10.5 Å². The molecular weight excluding hydrogens is 301 g/mol. The second-order valence-corrected chi connectivity index (χ2v) is 5.03. The molecule has 0 bridgehead atoms. The summed E-state index contributed by atoms with van der Waals surface area (Å²) in [6, 6.07) is 2.40. The number of rotatable bonds is 9. The van der Waals surface area contributed by atoms with Gasteiger partial charge >= 0.3 is 5.69 Å². The lowest BCUT2D eigenvalue weighted by atomic mass is 9.99. The number of aryl methyl sites for hydroxylation is 1. The Morgan fingerprint density at radius 1 is 1.29 bits per heavy atom. The Morgan fingerprint density at radius 3 is 2.52 bits per heavy atom. The van der Waals surface area contributed by atoms with Gasteiger partial charge in [-0.3, -0.25) is 19.7 Å². The lowest BCUT2D eigenvalue weighted by Gasteiger charge is -2.06. The van der Waals surface area contributed by atoms with Crippen LogP contribution in [0.5, 0.6) is 0 Å². The van der Waals surface area contributed by atoms with E-state index >= 15 is 0 Å². The van der Waals surface area contributed by atoms with Gasteiger partial charge in [0.1, 0.15) is 0 Å². The van der Waals surface area contributed by atoms with Gasteiger partial charge in [0.2, 0.25) is 11.1 Å². The third-order valence-corrected chi connectivity index (χ3v) is 3.32. The molecule has 1 rings (SSSR count). The number of carbonyl (C=O) groups is 2. The molecule has 0 saturated carbocycles. The van der Waals surface area contributed by atoms with Gasteiger partial charge in [0, 0.05) is 6.42 Å². The zero-order chi connectivity index (χ0) is 15.8. The van der Waals surface area contributed by atoms with E-state index in [2.05, 4.69) is 0 Å². The Bertz CT molecular complexity index is 548. The van der Waals surface area contributed by atoms with Crippen molar-refractivity contribution in [1.82, 2.24) is 0 Å². The summed E-state index contributed by atoms with van der Waals surface area (Å²) < 4.78 is 13.4. The largest absolute Gasteiger partial charge is 0.315 e. The molecule has 0 fully saturated rings. The first kappa shape index (κ1) is 17.2. The van der Waals surface area contributed by atoms with E-state index in [9.17, 15) is 24.1 Å². The molecule has 0 heterocycles. The van der Waals surface area contributed by atoms with Crippen LogP contribution in [-0.2, 0) is 11.2 Å². The van der Waals surface area contributed by atoms with Crippen molar-refractivity contribution in [2.75, 3.05) is 0 Å². The fourth-order valence-electron chi connectivity index (χ4n) is 2.09. The van der Waals surface area contributed by atoms with Crippen molar-refractivity contribution in [2.45, 2.75) is 38.5 Å². The molecule has 0 saturated heterocycles. The van der Waals surface area contributed by atoms with E-state index in [1.807, 2.05) is 0 Å². The molecule has 0 aliphatic carbocycles. The third-order valence-electron chi connectivity index (χ3n) is 3.13. The normalized spacial score (nSPS) is 10.4. The smallest absolute Gasteiger partial charge is 0.298 e. The zero-order valence-electron chi connectivity index (χ0n) is 11.3. The summed E-state index contributed by atoms with van der Waals surface area (Å²) in [5, 5.41) is 10.4. The number of hydrogen-bond donors (Lipinski definition) is 0. The van der Waals surface area contributed by atoms with Crippen LogP contribution in [0.1, 0.15) is 48.0 Å². The second-order valence-electron chi connectivity index (χ2n) is 4.61. The van der Waals surface area contributed by atoms with Crippen LogP contribution < -0.4 is 0 Å².